The Bertz CT molecular complexity index is 572. The molecule has 0 radical (unpaired) electrons. The number of nitrogen functional groups attached to an aromatic ring is 1. The molecule has 0 bridgehead atoms. The van der Waals surface area contributed by atoms with Crippen molar-refractivity contribution >= 4 is 21.7 Å². The van der Waals surface area contributed by atoms with Gasteiger partial charge < -0.3 is 11.5 Å². The average Bonchev–Trinajstić information content (AvgIpc) is 2.17. The van der Waals surface area contributed by atoms with Gasteiger partial charge in [0, 0.05) is 4.91 Å². The van der Waals surface area contributed by atoms with Crippen LogP contribution in [0.3, 0.4) is 0 Å². The highest BCUT2D eigenvalue weighted by molar-refractivity contribution is 7.90. The van der Waals surface area contributed by atoms with Crippen LogP contribution in [0.25, 0.3) is 10.4 Å². The van der Waals surface area contributed by atoms with Gasteiger partial charge in [0.15, 0.2) is 0 Å². The van der Waals surface area contributed by atoms with Gasteiger partial charge in [-0.1, -0.05) is 12.1 Å². The fraction of sp³-hybridized carbons (Fsp3) is 0. The van der Waals surface area contributed by atoms with E-state index in [1.807, 2.05) is 0 Å². The molecular weight excluding hydrogens is 232 g/mol. The molecular formula is C7H8N6O2S. The van der Waals surface area contributed by atoms with E-state index in [1.54, 1.807) is 6.07 Å². The fourth-order valence-electron chi connectivity index (χ4n) is 0.952. The number of para-hydroxylation sites is 1. The second-order valence-corrected chi connectivity index (χ2v) is 4.22. The molecule has 0 aromatic heterocycles. The Kier molecular flexibility index (Phi) is 3.33. The Labute approximate surface area is 91.3 Å². The molecule has 0 aliphatic rings. The zero-order valence-electron chi connectivity index (χ0n) is 7.98. The van der Waals surface area contributed by atoms with Crippen molar-refractivity contribution in [3.05, 3.63) is 34.7 Å². The molecule has 0 spiro atoms. The van der Waals surface area contributed by atoms with Crippen molar-refractivity contribution in [3.8, 4) is 0 Å². The lowest BCUT2D eigenvalue weighted by Crippen LogP contribution is -2.11. The van der Waals surface area contributed by atoms with Crippen molar-refractivity contribution in [2.75, 3.05) is 5.73 Å². The van der Waals surface area contributed by atoms with Gasteiger partial charge in [-0.15, -0.1) is 4.40 Å². The maximum absolute atomic E-state index is 11.6. The van der Waals surface area contributed by atoms with E-state index in [9.17, 15) is 8.42 Å². The number of nitrogens with two attached hydrogens (primary N) is 2. The molecule has 0 unspecified atom stereocenters. The minimum absolute atomic E-state index is 0.0417. The summed E-state index contributed by atoms with van der Waals surface area (Å²) < 4.78 is 26.3. The predicted octanol–water partition coefficient (Wildman–Crippen LogP) is 0.583. The van der Waals surface area contributed by atoms with Crippen LogP contribution < -0.4 is 11.5 Å². The van der Waals surface area contributed by atoms with Crippen LogP contribution in [-0.2, 0) is 10.0 Å². The molecule has 0 saturated heterocycles. The second-order valence-electron chi connectivity index (χ2n) is 2.65. The Morgan fingerprint density at radius 1 is 1.38 bits per heavy atom. The molecule has 84 valence electrons. The molecule has 1 rings (SSSR count). The topological polar surface area (TPSA) is 147 Å². The molecule has 9 heteroatoms. The first-order valence-corrected chi connectivity index (χ1v) is 5.41. The van der Waals surface area contributed by atoms with E-state index in [2.05, 4.69) is 14.4 Å². The number of sulfonamides is 1. The number of nitrogens with zero attached hydrogens (tertiary/aromatic N) is 4. The molecule has 0 saturated carbocycles. The third-order valence-corrected chi connectivity index (χ3v) is 2.91. The molecule has 0 amide bonds. The molecule has 0 aliphatic carbocycles. The molecule has 0 fully saturated rings. The van der Waals surface area contributed by atoms with E-state index >= 15 is 0 Å². The monoisotopic (exact) mass is 240 g/mol. The van der Waals surface area contributed by atoms with Crippen LogP contribution >= 0.6 is 0 Å². The highest BCUT2D eigenvalue weighted by Crippen LogP contribution is 2.19. The lowest BCUT2D eigenvalue weighted by atomic mass is 10.3. The zero-order valence-corrected chi connectivity index (χ0v) is 8.79. The number of guanidine groups is 1. The summed E-state index contributed by atoms with van der Waals surface area (Å²) in [4.78, 5) is 2.12. The van der Waals surface area contributed by atoms with Crippen molar-refractivity contribution in [1.29, 1.82) is 0 Å². The third-order valence-electron chi connectivity index (χ3n) is 1.56. The number of azide groups is 1. The van der Waals surface area contributed by atoms with E-state index in [1.165, 1.54) is 18.2 Å². The summed E-state index contributed by atoms with van der Waals surface area (Å²) in [5.74, 6) is -0.689. The SMILES string of the molecule is [N-]=[N+]=N/C(N)=N/S(=O)(=O)c1ccccc1N. The van der Waals surface area contributed by atoms with Crippen molar-refractivity contribution in [2.24, 2.45) is 15.2 Å². The minimum Gasteiger partial charge on any atom is -0.398 e. The van der Waals surface area contributed by atoms with Crippen molar-refractivity contribution in [1.82, 2.24) is 0 Å². The van der Waals surface area contributed by atoms with Crippen molar-refractivity contribution in [3.63, 3.8) is 0 Å². The molecule has 0 aliphatic heterocycles. The van der Waals surface area contributed by atoms with Crippen LogP contribution in [0, 0.1) is 0 Å². The van der Waals surface area contributed by atoms with Crippen LogP contribution in [-0.4, -0.2) is 14.4 Å². The fourth-order valence-corrected chi connectivity index (χ4v) is 1.95. The number of anilines is 1. The van der Waals surface area contributed by atoms with E-state index in [-0.39, 0.29) is 10.6 Å². The third kappa shape index (κ3) is 2.62. The molecule has 8 nitrogen and oxygen atoms in total. The van der Waals surface area contributed by atoms with Gasteiger partial charge in [-0.2, -0.15) is 8.42 Å². The van der Waals surface area contributed by atoms with Gasteiger partial charge in [-0.05, 0) is 22.8 Å². The number of rotatable bonds is 2. The van der Waals surface area contributed by atoms with Gasteiger partial charge in [0.05, 0.1) is 5.69 Å². The Morgan fingerprint density at radius 3 is 2.56 bits per heavy atom. The maximum Gasteiger partial charge on any atom is 0.286 e. The van der Waals surface area contributed by atoms with Crippen LogP contribution in [0.15, 0.2) is 38.7 Å². The van der Waals surface area contributed by atoms with Crippen LogP contribution in [0.1, 0.15) is 0 Å². The molecule has 4 N–H and O–H groups in total. The van der Waals surface area contributed by atoms with Crippen LogP contribution in [0.2, 0.25) is 0 Å². The van der Waals surface area contributed by atoms with Crippen molar-refractivity contribution in [2.45, 2.75) is 4.90 Å². The highest BCUT2D eigenvalue weighted by Gasteiger charge is 2.15. The highest BCUT2D eigenvalue weighted by atomic mass is 32.2. The van der Waals surface area contributed by atoms with Crippen LogP contribution in [0.5, 0.6) is 0 Å². The summed E-state index contributed by atoms with van der Waals surface area (Å²) in [7, 11) is -4.04. The largest absolute Gasteiger partial charge is 0.398 e. The van der Waals surface area contributed by atoms with E-state index in [0.717, 1.165) is 0 Å². The van der Waals surface area contributed by atoms with Gasteiger partial charge in [0.25, 0.3) is 10.0 Å². The Balaban J connectivity index is 3.29. The van der Waals surface area contributed by atoms with Crippen LogP contribution in [0.4, 0.5) is 5.69 Å². The lowest BCUT2D eigenvalue weighted by Gasteiger charge is -2.02. The molecule has 1 aromatic rings. The molecule has 0 heterocycles. The van der Waals surface area contributed by atoms with Gasteiger partial charge in [-0.25, -0.2) is 0 Å². The number of hydrogen-bond donors (Lipinski definition) is 2. The zero-order chi connectivity index (χ0) is 12.2. The smallest absolute Gasteiger partial charge is 0.286 e. The maximum atomic E-state index is 11.6. The van der Waals surface area contributed by atoms with E-state index in [0.29, 0.717) is 0 Å². The lowest BCUT2D eigenvalue weighted by molar-refractivity contribution is 0.598. The Morgan fingerprint density at radius 2 is 2.00 bits per heavy atom. The standard InChI is InChI=1S/C7H8N6O2S/c8-5-3-1-2-4-6(5)16(14,15)12-7(9)11-13-10/h1-4H,8H2,(H2,9,12). The summed E-state index contributed by atoms with van der Waals surface area (Å²) in [5, 5.41) is 2.85. The first kappa shape index (κ1) is 11.8. The quantitative estimate of drug-likeness (QED) is 0.194. The first-order chi connectivity index (χ1) is 7.47. The second kappa shape index (κ2) is 4.51. The summed E-state index contributed by atoms with van der Waals surface area (Å²) in [6, 6.07) is 5.75. The number of hydrogen-bond acceptors (Lipinski definition) is 3. The summed E-state index contributed by atoms with van der Waals surface area (Å²) in [6.45, 7) is 0. The number of benzene rings is 1. The first-order valence-electron chi connectivity index (χ1n) is 3.97. The summed E-state index contributed by atoms with van der Waals surface area (Å²) >= 11 is 0. The van der Waals surface area contributed by atoms with Crippen molar-refractivity contribution < 1.29 is 8.42 Å². The molecule has 0 atom stereocenters. The van der Waals surface area contributed by atoms with Gasteiger partial charge in [0.2, 0.25) is 5.96 Å². The minimum atomic E-state index is -4.04. The molecule has 16 heavy (non-hydrogen) atoms. The van der Waals surface area contributed by atoms with E-state index in [4.69, 9.17) is 17.0 Å². The van der Waals surface area contributed by atoms with Gasteiger partial charge in [0.1, 0.15) is 4.90 Å². The average molecular weight is 240 g/mol. The predicted molar refractivity (Wildman–Crippen MR) is 58.8 cm³/mol. The molecule has 1 aromatic carbocycles. The van der Waals surface area contributed by atoms with Gasteiger partial charge >= 0.3 is 0 Å². The Hall–Kier alpha value is -2.25. The van der Waals surface area contributed by atoms with Gasteiger partial charge in [-0.3, -0.25) is 0 Å². The normalized spacial score (nSPS) is 11.9. The summed E-state index contributed by atoms with van der Waals surface area (Å²) in [6.07, 6.45) is 0. The summed E-state index contributed by atoms with van der Waals surface area (Å²) in [5.41, 5.74) is 18.6. The van der Waals surface area contributed by atoms with E-state index < -0.39 is 16.0 Å².